The molecule has 0 aliphatic carbocycles. The summed E-state index contributed by atoms with van der Waals surface area (Å²) in [4.78, 5) is 13.5. The van der Waals surface area contributed by atoms with Gasteiger partial charge < -0.3 is 14.9 Å². The number of likely N-dealkylation sites (N-methyl/N-ethyl adjacent to an activating group) is 2. The lowest BCUT2D eigenvalue weighted by Crippen LogP contribution is -2.57. The molecule has 96 valence electrons. The molecule has 6 nitrogen and oxygen atoms in total. The normalized spacial score (nSPS) is 18.3. The number of carbonyl (C=O) groups excluding carboxylic acids is 1. The van der Waals surface area contributed by atoms with E-state index >= 15 is 0 Å². The highest BCUT2D eigenvalue weighted by Gasteiger charge is 2.41. The van der Waals surface area contributed by atoms with Gasteiger partial charge >= 0.3 is 0 Å². The SMILES string of the molecule is CNC(C(=O)C(C)(O)OC(C)(C)O)N(C)C. The molecule has 0 spiro atoms. The monoisotopic (exact) mass is 234 g/mol. The summed E-state index contributed by atoms with van der Waals surface area (Å²) in [6.45, 7) is 3.90. The summed E-state index contributed by atoms with van der Waals surface area (Å²) < 4.78 is 4.91. The Bertz CT molecular complexity index is 246. The molecule has 0 saturated heterocycles. The number of carbonyl (C=O) groups is 1. The van der Waals surface area contributed by atoms with Gasteiger partial charge in [-0.2, -0.15) is 0 Å². The summed E-state index contributed by atoms with van der Waals surface area (Å²) in [6.07, 6.45) is -0.683. The van der Waals surface area contributed by atoms with Gasteiger partial charge in [-0.1, -0.05) is 0 Å². The minimum atomic E-state index is -2.05. The van der Waals surface area contributed by atoms with Crippen LogP contribution < -0.4 is 5.32 Å². The lowest BCUT2D eigenvalue weighted by molar-refractivity contribution is -0.298. The van der Waals surface area contributed by atoms with Crippen molar-refractivity contribution in [3.8, 4) is 0 Å². The molecule has 6 heteroatoms. The third-order valence-electron chi connectivity index (χ3n) is 1.94. The van der Waals surface area contributed by atoms with Crippen molar-refractivity contribution in [1.29, 1.82) is 0 Å². The number of ether oxygens (including phenoxy) is 1. The number of hydrogen-bond donors (Lipinski definition) is 3. The fraction of sp³-hybridized carbons (Fsp3) is 0.900. The van der Waals surface area contributed by atoms with Crippen molar-refractivity contribution in [2.24, 2.45) is 0 Å². The summed E-state index contributed by atoms with van der Waals surface area (Å²) in [5.74, 6) is -4.19. The second kappa shape index (κ2) is 5.20. The second-order valence-electron chi connectivity index (χ2n) is 4.55. The largest absolute Gasteiger partial charge is 0.366 e. The van der Waals surface area contributed by atoms with Gasteiger partial charge in [-0.25, -0.2) is 0 Å². The molecule has 0 aromatic carbocycles. The number of hydrogen-bond acceptors (Lipinski definition) is 6. The molecule has 16 heavy (non-hydrogen) atoms. The highest BCUT2D eigenvalue weighted by atomic mass is 16.7. The fourth-order valence-corrected chi connectivity index (χ4v) is 1.41. The Kier molecular flexibility index (Phi) is 5.03. The van der Waals surface area contributed by atoms with E-state index in [4.69, 9.17) is 4.74 Å². The minimum absolute atomic E-state index is 0.567. The summed E-state index contributed by atoms with van der Waals surface area (Å²) in [5.41, 5.74) is 0. The Labute approximate surface area is 96.2 Å². The van der Waals surface area contributed by atoms with E-state index in [-0.39, 0.29) is 0 Å². The molecule has 0 saturated carbocycles. The van der Waals surface area contributed by atoms with Crippen LogP contribution in [0.2, 0.25) is 0 Å². The number of nitrogens with zero attached hydrogens (tertiary/aromatic N) is 1. The first-order valence-electron chi connectivity index (χ1n) is 5.04. The van der Waals surface area contributed by atoms with Gasteiger partial charge in [-0.15, -0.1) is 0 Å². The lowest BCUT2D eigenvalue weighted by Gasteiger charge is -2.34. The molecule has 2 atom stereocenters. The molecule has 2 unspecified atom stereocenters. The van der Waals surface area contributed by atoms with Crippen molar-refractivity contribution >= 4 is 5.78 Å². The maximum absolute atomic E-state index is 11.9. The predicted molar refractivity (Wildman–Crippen MR) is 59.5 cm³/mol. The molecule has 0 aromatic rings. The van der Waals surface area contributed by atoms with E-state index < -0.39 is 23.5 Å². The average molecular weight is 234 g/mol. The van der Waals surface area contributed by atoms with Crippen LogP contribution in [-0.2, 0) is 9.53 Å². The maximum atomic E-state index is 11.9. The quantitative estimate of drug-likeness (QED) is 0.518. The highest BCUT2D eigenvalue weighted by molar-refractivity contribution is 5.89. The van der Waals surface area contributed by atoms with Gasteiger partial charge in [0.15, 0.2) is 5.79 Å². The Morgan fingerprint density at radius 3 is 2.00 bits per heavy atom. The summed E-state index contributed by atoms with van der Waals surface area (Å²) >= 11 is 0. The highest BCUT2D eigenvalue weighted by Crippen LogP contribution is 2.18. The number of nitrogens with one attached hydrogen (secondary N) is 1. The van der Waals surface area contributed by atoms with Crippen molar-refractivity contribution in [3.63, 3.8) is 0 Å². The Morgan fingerprint density at radius 2 is 1.75 bits per heavy atom. The average Bonchev–Trinajstić information content (AvgIpc) is 1.99. The van der Waals surface area contributed by atoms with Gasteiger partial charge in [-0.05, 0) is 41.9 Å². The first-order chi connectivity index (χ1) is 7.01. The number of ketones is 1. The Hall–Kier alpha value is -0.530. The first-order valence-corrected chi connectivity index (χ1v) is 5.04. The van der Waals surface area contributed by atoms with E-state index in [0.717, 1.165) is 0 Å². The van der Waals surface area contributed by atoms with Crippen LogP contribution in [0.25, 0.3) is 0 Å². The zero-order chi connectivity index (χ0) is 13.1. The molecule has 0 rings (SSSR count). The van der Waals surface area contributed by atoms with E-state index in [1.165, 1.54) is 20.8 Å². The molecule has 0 aliphatic heterocycles. The molecule has 0 radical (unpaired) electrons. The van der Waals surface area contributed by atoms with Crippen LogP contribution >= 0.6 is 0 Å². The topological polar surface area (TPSA) is 82.0 Å². The van der Waals surface area contributed by atoms with Crippen LogP contribution in [0, 0.1) is 0 Å². The van der Waals surface area contributed by atoms with Gasteiger partial charge in [0.2, 0.25) is 11.6 Å². The minimum Gasteiger partial charge on any atom is -0.366 e. The number of aliphatic hydroxyl groups is 2. The zero-order valence-corrected chi connectivity index (χ0v) is 10.7. The third kappa shape index (κ3) is 4.54. The van der Waals surface area contributed by atoms with E-state index in [2.05, 4.69) is 5.32 Å². The van der Waals surface area contributed by atoms with Gasteiger partial charge in [0.1, 0.15) is 6.17 Å². The number of Topliss-reactive ketones (excluding diaryl/α,β-unsaturated/α-hetero) is 1. The third-order valence-corrected chi connectivity index (χ3v) is 1.94. The van der Waals surface area contributed by atoms with E-state index in [9.17, 15) is 15.0 Å². The van der Waals surface area contributed by atoms with Crippen molar-refractivity contribution in [1.82, 2.24) is 10.2 Å². The second-order valence-corrected chi connectivity index (χ2v) is 4.55. The standard InChI is InChI=1S/C10H22N2O4/c1-9(2,14)16-10(3,15)7(13)8(11-4)12(5)6/h8,11,14-15H,1-6H3. The van der Waals surface area contributed by atoms with E-state index in [1.54, 1.807) is 26.0 Å². The van der Waals surface area contributed by atoms with E-state index in [1.807, 2.05) is 0 Å². The fourth-order valence-electron chi connectivity index (χ4n) is 1.41. The molecule has 0 aromatic heterocycles. The van der Waals surface area contributed by atoms with Gasteiger partial charge in [0.05, 0.1) is 0 Å². The maximum Gasteiger partial charge on any atom is 0.229 e. The zero-order valence-electron chi connectivity index (χ0n) is 10.7. The van der Waals surface area contributed by atoms with E-state index in [0.29, 0.717) is 0 Å². The Morgan fingerprint density at radius 1 is 1.31 bits per heavy atom. The summed E-state index contributed by atoms with van der Waals surface area (Å²) in [6, 6.07) is 0. The van der Waals surface area contributed by atoms with Gasteiger partial charge in [-0.3, -0.25) is 15.0 Å². The predicted octanol–water partition coefficient (Wildman–Crippen LogP) is -0.884. The van der Waals surface area contributed by atoms with Crippen LogP contribution in [0.3, 0.4) is 0 Å². The molecule has 0 bridgehead atoms. The summed E-state index contributed by atoms with van der Waals surface area (Å²) in [5, 5.41) is 22.0. The molecular weight excluding hydrogens is 212 g/mol. The van der Waals surface area contributed by atoms with Crippen molar-refractivity contribution in [2.75, 3.05) is 21.1 Å². The van der Waals surface area contributed by atoms with Gasteiger partial charge in [0, 0.05) is 0 Å². The Balaban J connectivity index is 4.81. The van der Waals surface area contributed by atoms with Crippen LogP contribution in [-0.4, -0.2) is 59.8 Å². The molecule has 0 amide bonds. The molecule has 0 aliphatic rings. The first kappa shape index (κ1) is 15.5. The van der Waals surface area contributed by atoms with Crippen LogP contribution in [0.4, 0.5) is 0 Å². The van der Waals surface area contributed by atoms with Crippen LogP contribution in [0.5, 0.6) is 0 Å². The molecular formula is C10H22N2O4. The number of rotatable bonds is 6. The lowest BCUT2D eigenvalue weighted by atomic mass is 10.1. The van der Waals surface area contributed by atoms with Crippen molar-refractivity contribution in [2.45, 2.75) is 38.5 Å². The van der Waals surface area contributed by atoms with Crippen molar-refractivity contribution < 1.29 is 19.7 Å². The van der Waals surface area contributed by atoms with Crippen molar-refractivity contribution in [3.05, 3.63) is 0 Å². The molecule has 0 heterocycles. The molecule has 3 N–H and O–H groups in total. The molecule has 0 fully saturated rings. The summed E-state index contributed by atoms with van der Waals surface area (Å²) in [7, 11) is 4.99. The smallest absolute Gasteiger partial charge is 0.229 e. The van der Waals surface area contributed by atoms with Crippen LogP contribution in [0.15, 0.2) is 0 Å². The van der Waals surface area contributed by atoms with Gasteiger partial charge in [0.25, 0.3) is 0 Å². The van der Waals surface area contributed by atoms with Crippen LogP contribution in [0.1, 0.15) is 20.8 Å².